The molecular weight excluding hydrogens is 238 g/mol. The quantitative estimate of drug-likeness (QED) is 0.780. The van der Waals surface area contributed by atoms with E-state index in [1.54, 1.807) is 6.07 Å². The van der Waals surface area contributed by atoms with Crippen molar-refractivity contribution in [1.29, 1.82) is 5.26 Å². The predicted molar refractivity (Wildman–Crippen MR) is 69.9 cm³/mol. The van der Waals surface area contributed by atoms with Crippen LogP contribution in [0, 0.1) is 29.1 Å². The van der Waals surface area contributed by atoms with Gasteiger partial charge in [0.15, 0.2) is 0 Å². The second-order valence-corrected chi connectivity index (χ2v) is 5.66. The van der Waals surface area contributed by atoms with Crippen LogP contribution in [0.4, 0.5) is 0 Å². The van der Waals surface area contributed by atoms with Gasteiger partial charge in [-0.05, 0) is 37.2 Å². The fourth-order valence-electron chi connectivity index (χ4n) is 3.54. The van der Waals surface area contributed by atoms with Gasteiger partial charge < -0.3 is 4.74 Å². The number of nitrogens with zero attached hydrogens (tertiary/aromatic N) is 1. The summed E-state index contributed by atoms with van der Waals surface area (Å²) in [5, 5.41) is 8.99. The predicted octanol–water partition coefficient (Wildman–Crippen LogP) is 3.04. The van der Waals surface area contributed by atoms with Gasteiger partial charge in [-0.2, -0.15) is 5.26 Å². The zero-order chi connectivity index (χ0) is 13.2. The summed E-state index contributed by atoms with van der Waals surface area (Å²) in [6, 6.07) is 9.40. The van der Waals surface area contributed by atoms with Crippen molar-refractivity contribution >= 4 is 5.97 Å². The van der Waals surface area contributed by atoms with Crippen LogP contribution in [0.5, 0.6) is 0 Å². The highest BCUT2D eigenvalue weighted by molar-refractivity contribution is 5.73. The first kappa shape index (κ1) is 12.2. The van der Waals surface area contributed by atoms with E-state index in [9.17, 15) is 4.79 Å². The number of carbonyl (C=O) groups excluding carboxylic acids is 1. The first-order valence-electron chi connectivity index (χ1n) is 6.92. The summed E-state index contributed by atoms with van der Waals surface area (Å²) in [7, 11) is 0. The van der Waals surface area contributed by atoms with Crippen molar-refractivity contribution in [3.63, 3.8) is 0 Å². The number of esters is 1. The van der Waals surface area contributed by atoms with E-state index in [0.29, 0.717) is 11.5 Å². The molecule has 19 heavy (non-hydrogen) atoms. The molecule has 0 spiro atoms. The number of benzene rings is 1. The Bertz CT molecular complexity index is 532. The van der Waals surface area contributed by atoms with Crippen LogP contribution >= 0.6 is 0 Å². The van der Waals surface area contributed by atoms with Gasteiger partial charge in [0.05, 0.1) is 17.6 Å². The SMILES string of the molecule is N#Cc1ccccc1COC(=O)[C@@H]1C[C@H]2CC[C@H]1C2. The van der Waals surface area contributed by atoms with E-state index in [2.05, 4.69) is 6.07 Å². The van der Waals surface area contributed by atoms with E-state index in [0.717, 1.165) is 17.9 Å². The van der Waals surface area contributed by atoms with Crippen molar-refractivity contribution in [2.75, 3.05) is 0 Å². The Morgan fingerprint density at radius 2 is 2.16 bits per heavy atom. The highest BCUT2D eigenvalue weighted by Crippen LogP contribution is 2.48. The molecule has 0 unspecified atom stereocenters. The first-order chi connectivity index (χ1) is 9.28. The minimum Gasteiger partial charge on any atom is -0.461 e. The van der Waals surface area contributed by atoms with Crippen molar-refractivity contribution in [3.8, 4) is 6.07 Å². The molecule has 3 atom stereocenters. The molecule has 98 valence electrons. The molecule has 0 N–H and O–H groups in total. The van der Waals surface area contributed by atoms with Crippen LogP contribution in [-0.4, -0.2) is 5.97 Å². The highest BCUT2D eigenvalue weighted by Gasteiger charge is 2.43. The summed E-state index contributed by atoms with van der Waals surface area (Å²) in [4.78, 5) is 12.1. The van der Waals surface area contributed by atoms with Gasteiger partial charge in [0.2, 0.25) is 0 Å². The molecule has 2 fully saturated rings. The van der Waals surface area contributed by atoms with Crippen LogP contribution in [0.2, 0.25) is 0 Å². The van der Waals surface area contributed by atoms with Gasteiger partial charge in [0, 0.05) is 5.56 Å². The van der Waals surface area contributed by atoms with Gasteiger partial charge in [-0.3, -0.25) is 4.79 Å². The molecule has 0 radical (unpaired) electrons. The molecule has 0 saturated heterocycles. The molecule has 3 rings (SSSR count). The van der Waals surface area contributed by atoms with E-state index in [1.807, 2.05) is 18.2 Å². The number of nitriles is 1. The van der Waals surface area contributed by atoms with E-state index < -0.39 is 0 Å². The highest BCUT2D eigenvalue weighted by atomic mass is 16.5. The summed E-state index contributed by atoms with van der Waals surface area (Å²) in [6.45, 7) is 0.219. The van der Waals surface area contributed by atoms with E-state index in [4.69, 9.17) is 10.00 Å². The van der Waals surface area contributed by atoms with Crippen LogP contribution in [0.1, 0.15) is 36.8 Å². The van der Waals surface area contributed by atoms with Crippen LogP contribution < -0.4 is 0 Å². The first-order valence-corrected chi connectivity index (χ1v) is 6.92. The summed E-state index contributed by atoms with van der Waals surface area (Å²) in [5.41, 5.74) is 1.38. The fraction of sp³-hybridized carbons (Fsp3) is 0.500. The Balaban J connectivity index is 1.60. The molecule has 1 aromatic rings. The summed E-state index contributed by atoms with van der Waals surface area (Å²) in [5.74, 6) is 1.32. The average molecular weight is 255 g/mol. The molecule has 2 saturated carbocycles. The summed E-state index contributed by atoms with van der Waals surface area (Å²) >= 11 is 0. The normalized spacial score (nSPS) is 28.1. The molecule has 2 aliphatic carbocycles. The van der Waals surface area contributed by atoms with E-state index in [-0.39, 0.29) is 18.5 Å². The van der Waals surface area contributed by atoms with Crippen LogP contribution in [0.25, 0.3) is 0 Å². The maximum absolute atomic E-state index is 12.1. The van der Waals surface area contributed by atoms with Crippen LogP contribution in [0.15, 0.2) is 24.3 Å². The van der Waals surface area contributed by atoms with Crippen molar-refractivity contribution in [1.82, 2.24) is 0 Å². The monoisotopic (exact) mass is 255 g/mol. The summed E-state index contributed by atoms with van der Waals surface area (Å²) in [6.07, 6.45) is 4.67. The lowest BCUT2D eigenvalue weighted by Gasteiger charge is -2.20. The topological polar surface area (TPSA) is 50.1 Å². The second kappa shape index (κ2) is 5.05. The maximum atomic E-state index is 12.1. The largest absolute Gasteiger partial charge is 0.461 e. The van der Waals surface area contributed by atoms with Crippen LogP contribution in [-0.2, 0) is 16.1 Å². The average Bonchev–Trinajstić information content (AvgIpc) is 3.07. The molecule has 0 heterocycles. The van der Waals surface area contributed by atoms with Crippen molar-refractivity contribution in [2.24, 2.45) is 17.8 Å². The van der Waals surface area contributed by atoms with E-state index >= 15 is 0 Å². The molecule has 0 amide bonds. The Labute approximate surface area is 113 Å². The second-order valence-electron chi connectivity index (χ2n) is 5.66. The van der Waals surface area contributed by atoms with Crippen LogP contribution in [0.3, 0.4) is 0 Å². The third-order valence-corrected chi connectivity index (χ3v) is 4.55. The number of carbonyl (C=O) groups is 1. The third kappa shape index (κ3) is 2.35. The lowest BCUT2D eigenvalue weighted by Crippen LogP contribution is -2.23. The van der Waals surface area contributed by atoms with Crippen molar-refractivity contribution in [2.45, 2.75) is 32.3 Å². The van der Waals surface area contributed by atoms with Crippen molar-refractivity contribution in [3.05, 3.63) is 35.4 Å². The van der Waals surface area contributed by atoms with Gasteiger partial charge >= 0.3 is 5.97 Å². The fourth-order valence-corrected chi connectivity index (χ4v) is 3.54. The molecule has 0 aliphatic heterocycles. The maximum Gasteiger partial charge on any atom is 0.309 e. The molecular formula is C16H17NO2. The van der Waals surface area contributed by atoms with Gasteiger partial charge in [0.1, 0.15) is 6.61 Å². The standard InChI is InChI=1S/C16H17NO2/c17-9-13-3-1-2-4-14(13)10-19-16(18)15-8-11-5-6-12(15)7-11/h1-4,11-12,15H,5-8,10H2/t11-,12-,15+/m0/s1. The zero-order valence-electron chi connectivity index (χ0n) is 10.8. The smallest absolute Gasteiger partial charge is 0.309 e. The number of ether oxygens (including phenoxy) is 1. The lowest BCUT2D eigenvalue weighted by atomic mass is 9.89. The molecule has 3 nitrogen and oxygen atoms in total. The van der Waals surface area contributed by atoms with Gasteiger partial charge in [0.25, 0.3) is 0 Å². The number of fused-ring (bicyclic) bond motifs is 2. The minimum absolute atomic E-state index is 0.0695. The lowest BCUT2D eigenvalue weighted by molar-refractivity contribution is -0.151. The number of rotatable bonds is 3. The van der Waals surface area contributed by atoms with Crippen molar-refractivity contribution < 1.29 is 9.53 Å². The molecule has 3 heteroatoms. The number of hydrogen-bond acceptors (Lipinski definition) is 3. The Kier molecular flexibility index (Phi) is 3.25. The Morgan fingerprint density at radius 3 is 2.84 bits per heavy atom. The Hall–Kier alpha value is -1.82. The van der Waals surface area contributed by atoms with Gasteiger partial charge in [-0.25, -0.2) is 0 Å². The van der Waals surface area contributed by atoms with E-state index in [1.165, 1.54) is 19.3 Å². The molecule has 1 aromatic carbocycles. The zero-order valence-corrected chi connectivity index (χ0v) is 10.8. The number of hydrogen-bond donors (Lipinski definition) is 0. The van der Waals surface area contributed by atoms with Gasteiger partial charge in [-0.1, -0.05) is 24.6 Å². The summed E-state index contributed by atoms with van der Waals surface area (Å²) < 4.78 is 5.42. The molecule has 2 bridgehead atoms. The Morgan fingerprint density at radius 1 is 1.32 bits per heavy atom. The minimum atomic E-state index is -0.0695. The molecule has 2 aliphatic rings. The third-order valence-electron chi connectivity index (χ3n) is 4.55. The van der Waals surface area contributed by atoms with Gasteiger partial charge in [-0.15, -0.1) is 0 Å². The molecule has 0 aromatic heterocycles.